The summed E-state index contributed by atoms with van der Waals surface area (Å²) in [6.07, 6.45) is 4.48. The number of esters is 1. The second-order valence-corrected chi connectivity index (χ2v) is 7.39. The van der Waals surface area contributed by atoms with Gasteiger partial charge in [0.05, 0.1) is 17.7 Å². The highest BCUT2D eigenvalue weighted by atomic mass is 32.1. The third-order valence-corrected chi connectivity index (χ3v) is 5.34. The lowest BCUT2D eigenvalue weighted by Gasteiger charge is -2.32. The van der Waals surface area contributed by atoms with Crippen molar-refractivity contribution in [1.29, 1.82) is 0 Å². The molecule has 0 heterocycles. The van der Waals surface area contributed by atoms with E-state index in [4.69, 9.17) is 17.0 Å². The molecule has 0 atom stereocenters. The van der Waals surface area contributed by atoms with E-state index in [1.54, 1.807) is 19.1 Å². The summed E-state index contributed by atoms with van der Waals surface area (Å²) in [4.78, 5) is 12.0. The van der Waals surface area contributed by atoms with Gasteiger partial charge in [-0.25, -0.2) is 4.79 Å². The Morgan fingerprint density at radius 1 is 1.15 bits per heavy atom. The summed E-state index contributed by atoms with van der Waals surface area (Å²) >= 11 is 5.63. The van der Waals surface area contributed by atoms with Crippen LogP contribution in [0.15, 0.2) is 48.5 Å². The summed E-state index contributed by atoms with van der Waals surface area (Å²) in [5.74, 6) is -0.323. The number of hydrogen-bond acceptors (Lipinski definition) is 3. The number of rotatable bonds is 5. The topological polar surface area (TPSA) is 50.4 Å². The molecule has 0 saturated heterocycles. The Bertz CT molecular complexity index is 814. The van der Waals surface area contributed by atoms with Gasteiger partial charge in [0, 0.05) is 5.69 Å². The second kappa shape index (κ2) is 8.53. The van der Waals surface area contributed by atoms with Crippen molar-refractivity contribution in [3.05, 3.63) is 65.2 Å². The van der Waals surface area contributed by atoms with Crippen LogP contribution in [0.1, 0.15) is 54.1 Å². The van der Waals surface area contributed by atoms with Gasteiger partial charge >= 0.3 is 5.97 Å². The summed E-state index contributed by atoms with van der Waals surface area (Å²) in [6, 6.07) is 16.0. The Balaban J connectivity index is 1.77. The lowest BCUT2D eigenvalue weighted by molar-refractivity contribution is 0.0526. The molecule has 1 fully saturated rings. The summed E-state index contributed by atoms with van der Waals surface area (Å²) in [7, 11) is 0. The zero-order valence-electron chi connectivity index (χ0n) is 15.9. The minimum absolute atomic E-state index is 0.127. The van der Waals surface area contributed by atoms with Crippen LogP contribution >= 0.6 is 12.2 Å². The molecule has 0 aromatic heterocycles. The minimum Gasteiger partial charge on any atom is -0.462 e. The number of carbonyl (C=O) groups excluding carboxylic acids is 1. The summed E-state index contributed by atoms with van der Waals surface area (Å²) in [5.41, 5.74) is 3.50. The molecule has 0 aliphatic heterocycles. The molecule has 3 rings (SSSR count). The first-order chi connectivity index (χ1) is 13.0. The number of aryl methyl sites for hydroxylation is 1. The van der Waals surface area contributed by atoms with Gasteiger partial charge in [-0.3, -0.25) is 0 Å². The maximum absolute atomic E-state index is 12.0. The van der Waals surface area contributed by atoms with E-state index in [1.165, 1.54) is 18.4 Å². The van der Waals surface area contributed by atoms with Gasteiger partial charge in [0.25, 0.3) is 0 Å². The highest BCUT2D eigenvalue weighted by molar-refractivity contribution is 7.80. The number of ether oxygens (including phenoxy) is 1. The lowest BCUT2D eigenvalue weighted by Crippen LogP contribution is -2.45. The van der Waals surface area contributed by atoms with Gasteiger partial charge in [-0.05, 0) is 62.2 Å². The molecule has 5 heteroatoms. The third kappa shape index (κ3) is 4.48. The molecular formula is C22H26N2O2S. The Morgan fingerprint density at radius 2 is 1.85 bits per heavy atom. The zero-order valence-corrected chi connectivity index (χ0v) is 16.7. The van der Waals surface area contributed by atoms with Gasteiger partial charge in [0.15, 0.2) is 5.11 Å². The van der Waals surface area contributed by atoms with Crippen LogP contribution in [-0.4, -0.2) is 17.7 Å². The molecule has 27 heavy (non-hydrogen) atoms. The number of anilines is 1. The van der Waals surface area contributed by atoms with E-state index < -0.39 is 0 Å². The van der Waals surface area contributed by atoms with E-state index in [0.717, 1.165) is 24.1 Å². The van der Waals surface area contributed by atoms with Crippen LogP contribution in [-0.2, 0) is 10.3 Å². The SMILES string of the molecule is CCOC(=O)c1ccc(C)c(NC(=S)NC2(c3ccccc3)CCCC2)c1. The molecule has 0 bridgehead atoms. The van der Waals surface area contributed by atoms with Crippen molar-refractivity contribution in [3.63, 3.8) is 0 Å². The quantitative estimate of drug-likeness (QED) is 0.567. The highest BCUT2D eigenvalue weighted by Gasteiger charge is 2.36. The molecule has 2 N–H and O–H groups in total. The van der Waals surface area contributed by atoms with Crippen molar-refractivity contribution >= 4 is 29.0 Å². The first-order valence-electron chi connectivity index (χ1n) is 9.46. The van der Waals surface area contributed by atoms with E-state index in [0.29, 0.717) is 17.3 Å². The van der Waals surface area contributed by atoms with Crippen LogP contribution in [0.25, 0.3) is 0 Å². The third-order valence-electron chi connectivity index (χ3n) is 5.13. The fourth-order valence-electron chi connectivity index (χ4n) is 3.69. The average molecular weight is 383 g/mol. The van der Waals surface area contributed by atoms with Crippen molar-refractivity contribution in [2.24, 2.45) is 0 Å². The fourth-order valence-corrected chi connectivity index (χ4v) is 4.00. The van der Waals surface area contributed by atoms with Crippen molar-refractivity contribution in [2.75, 3.05) is 11.9 Å². The van der Waals surface area contributed by atoms with Crippen LogP contribution in [0.2, 0.25) is 0 Å². The first-order valence-corrected chi connectivity index (χ1v) is 9.87. The highest BCUT2D eigenvalue weighted by Crippen LogP contribution is 2.38. The molecule has 2 aromatic carbocycles. The van der Waals surface area contributed by atoms with Gasteiger partial charge < -0.3 is 15.4 Å². The van der Waals surface area contributed by atoms with Crippen LogP contribution in [0.5, 0.6) is 0 Å². The van der Waals surface area contributed by atoms with Gasteiger partial charge in [0.2, 0.25) is 0 Å². The monoisotopic (exact) mass is 382 g/mol. The van der Waals surface area contributed by atoms with E-state index in [1.807, 2.05) is 19.1 Å². The Morgan fingerprint density at radius 3 is 2.52 bits per heavy atom. The normalized spacial score (nSPS) is 15.2. The summed E-state index contributed by atoms with van der Waals surface area (Å²) < 4.78 is 5.09. The second-order valence-electron chi connectivity index (χ2n) is 6.98. The van der Waals surface area contributed by atoms with Gasteiger partial charge in [-0.15, -0.1) is 0 Å². The molecule has 2 aromatic rings. The van der Waals surface area contributed by atoms with Crippen LogP contribution in [0.4, 0.5) is 5.69 Å². The minimum atomic E-state index is -0.323. The first kappa shape index (κ1) is 19.4. The molecule has 4 nitrogen and oxygen atoms in total. The summed E-state index contributed by atoms with van der Waals surface area (Å²) in [6.45, 7) is 4.15. The van der Waals surface area contributed by atoms with Crippen molar-refractivity contribution in [1.82, 2.24) is 5.32 Å². The summed E-state index contributed by atoms with van der Waals surface area (Å²) in [5, 5.41) is 7.42. The number of thiocarbonyl (C=S) groups is 1. The van der Waals surface area contributed by atoms with E-state index in [2.05, 4.69) is 34.9 Å². The predicted octanol–water partition coefficient (Wildman–Crippen LogP) is 4.93. The predicted molar refractivity (Wildman–Crippen MR) is 113 cm³/mol. The maximum Gasteiger partial charge on any atom is 0.338 e. The molecule has 1 aliphatic rings. The molecule has 142 valence electrons. The molecule has 1 saturated carbocycles. The average Bonchev–Trinajstić information content (AvgIpc) is 3.14. The molecular weight excluding hydrogens is 356 g/mol. The van der Waals surface area contributed by atoms with Crippen LogP contribution in [0, 0.1) is 6.92 Å². The van der Waals surface area contributed by atoms with Crippen molar-refractivity contribution in [2.45, 2.75) is 45.1 Å². The Labute approximate surface area is 166 Å². The van der Waals surface area contributed by atoms with E-state index in [9.17, 15) is 4.79 Å². The van der Waals surface area contributed by atoms with E-state index in [-0.39, 0.29) is 11.5 Å². The Kier molecular flexibility index (Phi) is 6.11. The number of hydrogen-bond donors (Lipinski definition) is 2. The van der Waals surface area contributed by atoms with Crippen molar-refractivity contribution < 1.29 is 9.53 Å². The lowest BCUT2D eigenvalue weighted by atomic mass is 9.88. The molecule has 0 amide bonds. The molecule has 0 radical (unpaired) electrons. The smallest absolute Gasteiger partial charge is 0.338 e. The zero-order chi connectivity index (χ0) is 19.3. The fraction of sp³-hybridized carbons (Fsp3) is 0.364. The van der Waals surface area contributed by atoms with Gasteiger partial charge in [-0.1, -0.05) is 49.2 Å². The van der Waals surface area contributed by atoms with Crippen molar-refractivity contribution in [3.8, 4) is 0 Å². The van der Waals surface area contributed by atoms with Gasteiger partial charge in [-0.2, -0.15) is 0 Å². The maximum atomic E-state index is 12.0. The van der Waals surface area contributed by atoms with Crippen LogP contribution in [0.3, 0.4) is 0 Å². The Hall–Kier alpha value is -2.40. The molecule has 0 unspecified atom stereocenters. The molecule has 0 spiro atoms. The number of nitrogens with one attached hydrogen (secondary N) is 2. The largest absolute Gasteiger partial charge is 0.462 e. The molecule has 1 aliphatic carbocycles. The standard InChI is InChI=1S/C22H26N2O2S/c1-3-26-20(25)17-12-11-16(2)19(15-17)23-21(27)24-22(13-7-8-14-22)18-9-5-4-6-10-18/h4-6,9-12,15H,3,7-8,13-14H2,1-2H3,(H2,23,24,27). The number of carbonyl (C=O) groups is 1. The van der Waals surface area contributed by atoms with Crippen LogP contribution < -0.4 is 10.6 Å². The van der Waals surface area contributed by atoms with E-state index >= 15 is 0 Å². The van der Waals surface area contributed by atoms with Gasteiger partial charge in [0.1, 0.15) is 0 Å². The number of benzene rings is 2.